The average Bonchev–Trinajstić information content (AvgIpc) is 2.68. The maximum absolute atomic E-state index is 6.10. The highest BCUT2D eigenvalue weighted by atomic mass is 16.5. The smallest absolute Gasteiger partial charge is 0.0578 e. The van der Waals surface area contributed by atoms with E-state index in [1.807, 2.05) is 0 Å². The molecule has 2 fully saturated rings. The number of hydrogen-bond donors (Lipinski definition) is 0. The van der Waals surface area contributed by atoms with Crippen LogP contribution in [0.4, 0.5) is 0 Å². The molecule has 0 bridgehead atoms. The summed E-state index contributed by atoms with van der Waals surface area (Å²) in [5.41, 5.74) is 3.02. The van der Waals surface area contributed by atoms with E-state index in [-0.39, 0.29) is 0 Å². The van der Waals surface area contributed by atoms with Crippen molar-refractivity contribution >= 4 is 0 Å². The Balaban J connectivity index is 1.42. The van der Waals surface area contributed by atoms with Crippen molar-refractivity contribution in [3.8, 4) is 0 Å². The first-order valence-corrected chi connectivity index (χ1v) is 10.6. The van der Waals surface area contributed by atoms with Gasteiger partial charge in [-0.1, -0.05) is 43.7 Å². The predicted molar refractivity (Wildman–Crippen MR) is 107 cm³/mol. The minimum absolute atomic E-state index is 0.488. The van der Waals surface area contributed by atoms with Gasteiger partial charge >= 0.3 is 0 Å². The van der Waals surface area contributed by atoms with Gasteiger partial charge in [-0.15, -0.1) is 6.58 Å². The van der Waals surface area contributed by atoms with Gasteiger partial charge in [0.05, 0.1) is 6.10 Å². The highest BCUT2D eigenvalue weighted by Gasteiger charge is 2.22. The molecule has 2 unspecified atom stereocenters. The van der Waals surface area contributed by atoms with Gasteiger partial charge in [0, 0.05) is 6.61 Å². The molecule has 1 aromatic carbocycles. The molecule has 0 radical (unpaired) electrons. The van der Waals surface area contributed by atoms with E-state index in [1.54, 1.807) is 5.56 Å². The SMILES string of the molecule is C=CC1CCC(c2ccc(CCC3CCC(CCC)CO3)cc2)CC1. The number of aryl methyl sites for hydroxylation is 1. The van der Waals surface area contributed by atoms with Gasteiger partial charge in [0.25, 0.3) is 0 Å². The van der Waals surface area contributed by atoms with Crippen molar-refractivity contribution < 1.29 is 4.74 Å². The third-order valence-electron chi connectivity index (χ3n) is 6.47. The van der Waals surface area contributed by atoms with Gasteiger partial charge < -0.3 is 4.74 Å². The molecule has 0 aromatic heterocycles. The van der Waals surface area contributed by atoms with Gasteiger partial charge in [-0.25, -0.2) is 0 Å². The van der Waals surface area contributed by atoms with Crippen LogP contribution in [-0.4, -0.2) is 12.7 Å². The van der Waals surface area contributed by atoms with Crippen LogP contribution in [0.5, 0.6) is 0 Å². The highest BCUT2D eigenvalue weighted by molar-refractivity contribution is 5.26. The molecule has 1 aliphatic carbocycles. The zero-order valence-electron chi connectivity index (χ0n) is 16.1. The molecule has 3 rings (SSSR count). The average molecular weight is 341 g/mol. The normalized spacial score (nSPS) is 30.1. The Bertz CT molecular complexity index is 501. The number of ether oxygens (including phenoxy) is 1. The third kappa shape index (κ3) is 5.45. The maximum Gasteiger partial charge on any atom is 0.0578 e. The van der Waals surface area contributed by atoms with E-state index in [0.717, 1.165) is 30.8 Å². The summed E-state index contributed by atoms with van der Waals surface area (Å²) >= 11 is 0. The van der Waals surface area contributed by atoms with Crippen LogP contribution in [0.1, 0.15) is 81.8 Å². The van der Waals surface area contributed by atoms with E-state index >= 15 is 0 Å². The van der Waals surface area contributed by atoms with E-state index in [1.165, 1.54) is 63.4 Å². The summed E-state index contributed by atoms with van der Waals surface area (Å²) < 4.78 is 6.10. The van der Waals surface area contributed by atoms with Gasteiger partial charge in [0.1, 0.15) is 0 Å². The molecule has 2 aliphatic rings. The minimum Gasteiger partial charge on any atom is -0.378 e. The molecule has 1 heterocycles. The van der Waals surface area contributed by atoms with E-state index in [4.69, 9.17) is 4.74 Å². The fraction of sp³-hybridized carbons (Fsp3) is 0.667. The number of rotatable bonds is 7. The van der Waals surface area contributed by atoms with Crippen molar-refractivity contribution in [3.05, 3.63) is 48.0 Å². The number of benzene rings is 1. The lowest BCUT2D eigenvalue weighted by Gasteiger charge is -2.29. The van der Waals surface area contributed by atoms with Crippen molar-refractivity contribution in [1.82, 2.24) is 0 Å². The second-order valence-electron chi connectivity index (χ2n) is 8.32. The fourth-order valence-corrected chi connectivity index (χ4v) is 4.70. The van der Waals surface area contributed by atoms with Gasteiger partial charge in [-0.2, -0.15) is 0 Å². The molecular formula is C24H36O. The topological polar surface area (TPSA) is 9.23 Å². The van der Waals surface area contributed by atoms with Crippen LogP contribution < -0.4 is 0 Å². The summed E-state index contributed by atoms with van der Waals surface area (Å²) in [5.74, 6) is 2.34. The van der Waals surface area contributed by atoms with Crippen molar-refractivity contribution in [2.75, 3.05) is 6.61 Å². The summed E-state index contributed by atoms with van der Waals surface area (Å²) in [6, 6.07) is 9.48. The Morgan fingerprint density at radius 2 is 1.76 bits per heavy atom. The summed E-state index contributed by atoms with van der Waals surface area (Å²) in [4.78, 5) is 0. The summed E-state index contributed by atoms with van der Waals surface area (Å²) in [6.07, 6.45) is 15.5. The van der Waals surface area contributed by atoms with Gasteiger partial charge in [-0.3, -0.25) is 0 Å². The van der Waals surface area contributed by atoms with E-state index < -0.39 is 0 Å². The van der Waals surface area contributed by atoms with E-state index in [2.05, 4.69) is 43.8 Å². The molecule has 138 valence electrons. The molecule has 0 N–H and O–H groups in total. The molecule has 1 heteroatoms. The van der Waals surface area contributed by atoms with E-state index in [0.29, 0.717) is 6.10 Å². The first-order valence-electron chi connectivity index (χ1n) is 10.6. The first-order chi connectivity index (χ1) is 12.3. The largest absolute Gasteiger partial charge is 0.378 e. The monoisotopic (exact) mass is 340 g/mol. The Labute approximate surface area is 154 Å². The number of hydrogen-bond acceptors (Lipinski definition) is 1. The van der Waals surface area contributed by atoms with Crippen LogP contribution in [0.25, 0.3) is 0 Å². The van der Waals surface area contributed by atoms with Crippen LogP contribution >= 0.6 is 0 Å². The van der Waals surface area contributed by atoms with Crippen LogP contribution in [0.15, 0.2) is 36.9 Å². The zero-order valence-corrected chi connectivity index (χ0v) is 16.1. The van der Waals surface area contributed by atoms with Crippen molar-refractivity contribution in [3.63, 3.8) is 0 Å². The molecule has 1 nitrogen and oxygen atoms in total. The summed E-state index contributed by atoms with van der Waals surface area (Å²) in [7, 11) is 0. The molecule has 1 saturated heterocycles. The Hall–Kier alpha value is -1.08. The van der Waals surface area contributed by atoms with Crippen LogP contribution in [-0.2, 0) is 11.2 Å². The first kappa shape index (κ1) is 18.7. The molecule has 0 amide bonds. The molecule has 0 spiro atoms. The second kappa shape index (κ2) is 9.57. The van der Waals surface area contributed by atoms with E-state index in [9.17, 15) is 0 Å². The summed E-state index contributed by atoms with van der Waals surface area (Å²) in [6.45, 7) is 7.23. The lowest BCUT2D eigenvalue weighted by atomic mass is 9.78. The zero-order chi connectivity index (χ0) is 17.5. The van der Waals surface area contributed by atoms with Crippen molar-refractivity contribution in [2.45, 2.75) is 83.2 Å². The van der Waals surface area contributed by atoms with Crippen molar-refractivity contribution in [2.24, 2.45) is 11.8 Å². The molecule has 2 atom stereocenters. The van der Waals surface area contributed by atoms with Crippen LogP contribution in [0.2, 0.25) is 0 Å². The second-order valence-corrected chi connectivity index (χ2v) is 8.32. The molecular weight excluding hydrogens is 304 g/mol. The molecule has 1 saturated carbocycles. The minimum atomic E-state index is 0.488. The van der Waals surface area contributed by atoms with Gasteiger partial charge in [0.2, 0.25) is 0 Å². The van der Waals surface area contributed by atoms with Gasteiger partial charge in [-0.05, 0) is 86.7 Å². The lowest BCUT2D eigenvalue weighted by molar-refractivity contribution is -0.0215. The van der Waals surface area contributed by atoms with Gasteiger partial charge in [0.15, 0.2) is 0 Å². The van der Waals surface area contributed by atoms with Crippen LogP contribution in [0.3, 0.4) is 0 Å². The van der Waals surface area contributed by atoms with Crippen molar-refractivity contribution in [1.29, 1.82) is 0 Å². The summed E-state index contributed by atoms with van der Waals surface area (Å²) in [5, 5.41) is 0. The molecule has 1 aliphatic heterocycles. The quantitative estimate of drug-likeness (QED) is 0.503. The Kier molecular flexibility index (Phi) is 7.16. The molecule has 1 aromatic rings. The maximum atomic E-state index is 6.10. The Morgan fingerprint density at radius 3 is 2.36 bits per heavy atom. The third-order valence-corrected chi connectivity index (χ3v) is 6.47. The van der Waals surface area contributed by atoms with Crippen LogP contribution in [0, 0.1) is 11.8 Å². The highest BCUT2D eigenvalue weighted by Crippen LogP contribution is 2.36. The lowest BCUT2D eigenvalue weighted by Crippen LogP contribution is -2.26. The predicted octanol–water partition coefficient (Wildman–Crippen LogP) is 6.67. The fourth-order valence-electron chi connectivity index (χ4n) is 4.70. The standard InChI is InChI=1S/C24H36O/c1-3-5-21-11-17-24(25-18-21)16-10-20-8-14-23(15-9-20)22-12-6-19(4-2)7-13-22/h4,8-9,14-15,19,21-22,24H,2-3,5-7,10-13,16-18H2,1H3. The Morgan fingerprint density at radius 1 is 1.00 bits per heavy atom. The number of allylic oxidation sites excluding steroid dienone is 1. The molecule has 25 heavy (non-hydrogen) atoms.